The number of aromatic nitrogens is 3. The van der Waals surface area contributed by atoms with Crippen molar-refractivity contribution in [1.82, 2.24) is 19.7 Å². The molecule has 140 valence electrons. The number of benzene rings is 1. The Hall–Kier alpha value is -2.02. The zero-order valence-corrected chi connectivity index (χ0v) is 16.4. The number of amides is 1. The summed E-state index contributed by atoms with van der Waals surface area (Å²) in [6.45, 7) is 4.63. The first-order valence-corrected chi connectivity index (χ1v) is 10.0. The molecule has 1 fully saturated rings. The monoisotopic (exact) mass is 374 g/mol. The number of carbonyl (C=O) groups excluding carboxylic acids is 1. The molecule has 0 saturated carbocycles. The van der Waals surface area contributed by atoms with E-state index < -0.39 is 0 Å². The molecule has 0 spiro atoms. The first kappa shape index (κ1) is 18.8. The van der Waals surface area contributed by atoms with Gasteiger partial charge in [-0.3, -0.25) is 4.79 Å². The molecule has 26 heavy (non-hydrogen) atoms. The van der Waals surface area contributed by atoms with Crippen molar-refractivity contribution in [3.63, 3.8) is 0 Å². The lowest BCUT2D eigenvalue weighted by atomic mass is 9.98. The third-order valence-electron chi connectivity index (χ3n) is 4.84. The molecule has 1 aromatic heterocycles. The molecular weight excluding hydrogens is 348 g/mol. The molecule has 1 aromatic carbocycles. The molecule has 0 bridgehead atoms. The minimum absolute atomic E-state index is 0.180. The molecule has 1 amide bonds. The van der Waals surface area contributed by atoms with Gasteiger partial charge in [-0.2, -0.15) is 0 Å². The van der Waals surface area contributed by atoms with E-state index in [-0.39, 0.29) is 5.91 Å². The Bertz CT molecular complexity index is 724. The normalized spacial score (nSPS) is 20.2. The van der Waals surface area contributed by atoms with Crippen molar-refractivity contribution < 1.29 is 9.53 Å². The van der Waals surface area contributed by atoms with E-state index in [9.17, 15) is 4.79 Å². The highest BCUT2D eigenvalue weighted by molar-refractivity contribution is 7.99. The van der Waals surface area contributed by atoms with Gasteiger partial charge in [0.1, 0.15) is 12.4 Å². The van der Waals surface area contributed by atoms with E-state index in [0.29, 0.717) is 24.4 Å². The minimum Gasteiger partial charge on any atom is -0.486 e. The molecule has 2 atom stereocenters. The third-order valence-corrected chi connectivity index (χ3v) is 5.85. The van der Waals surface area contributed by atoms with E-state index in [0.717, 1.165) is 29.6 Å². The average molecular weight is 375 g/mol. The molecule has 1 aliphatic heterocycles. The fraction of sp³-hybridized carbons (Fsp3) is 0.526. The molecule has 0 unspecified atom stereocenters. The van der Waals surface area contributed by atoms with Crippen LogP contribution in [0.2, 0.25) is 0 Å². The van der Waals surface area contributed by atoms with E-state index in [1.165, 1.54) is 18.2 Å². The average Bonchev–Trinajstić information content (AvgIpc) is 2.99. The molecule has 0 aliphatic carbocycles. The zero-order chi connectivity index (χ0) is 18.5. The second kappa shape index (κ2) is 8.58. The summed E-state index contributed by atoms with van der Waals surface area (Å²) in [6.07, 6.45) is 3.38. The van der Waals surface area contributed by atoms with Crippen LogP contribution in [0.3, 0.4) is 0 Å². The Morgan fingerprint density at radius 3 is 2.58 bits per heavy atom. The minimum atomic E-state index is 0.180. The summed E-state index contributed by atoms with van der Waals surface area (Å²) in [7, 11) is 1.91. The predicted molar refractivity (Wildman–Crippen MR) is 102 cm³/mol. The van der Waals surface area contributed by atoms with Gasteiger partial charge in [0.25, 0.3) is 0 Å². The predicted octanol–water partition coefficient (Wildman–Crippen LogP) is 3.28. The number of carbonyl (C=O) groups is 1. The lowest BCUT2D eigenvalue weighted by molar-refractivity contribution is -0.134. The van der Waals surface area contributed by atoms with Gasteiger partial charge >= 0.3 is 0 Å². The molecule has 3 rings (SSSR count). The fourth-order valence-corrected chi connectivity index (χ4v) is 4.17. The number of thioether (sulfide) groups is 1. The maximum atomic E-state index is 12.6. The number of likely N-dealkylation sites (tertiary alicyclic amines) is 1. The summed E-state index contributed by atoms with van der Waals surface area (Å²) >= 11 is 1.44. The molecule has 2 heterocycles. The largest absolute Gasteiger partial charge is 0.486 e. The third kappa shape index (κ3) is 4.38. The van der Waals surface area contributed by atoms with Crippen molar-refractivity contribution in [2.45, 2.75) is 57.0 Å². The Morgan fingerprint density at radius 1 is 1.19 bits per heavy atom. The fourth-order valence-electron chi connectivity index (χ4n) is 3.37. The summed E-state index contributed by atoms with van der Waals surface area (Å²) < 4.78 is 7.62. The highest BCUT2D eigenvalue weighted by atomic mass is 32.2. The summed E-state index contributed by atoms with van der Waals surface area (Å²) in [4.78, 5) is 14.7. The molecule has 6 nitrogen and oxygen atoms in total. The topological polar surface area (TPSA) is 60.3 Å². The van der Waals surface area contributed by atoms with Crippen LogP contribution in [0.4, 0.5) is 0 Å². The Labute approximate surface area is 158 Å². The van der Waals surface area contributed by atoms with Crippen LogP contribution in [-0.2, 0) is 18.4 Å². The van der Waals surface area contributed by atoms with Gasteiger partial charge in [0.05, 0.1) is 5.75 Å². The highest BCUT2D eigenvalue weighted by Crippen LogP contribution is 2.25. The zero-order valence-electron chi connectivity index (χ0n) is 15.6. The van der Waals surface area contributed by atoms with Crippen LogP contribution in [0.5, 0.6) is 5.75 Å². The van der Waals surface area contributed by atoms with Crippen LogP contribution < -0.4 is 4.74 Å². The van der Waals surface area contributed by atoms with Crippen LogP contribution in [0, 0.1) is 0 Å². The first-order chi connectivity index (χ1) is 12.6. The lowest BCUT2D eigenvalue weighted by Crippen LogP contribution is -2.48. The summed E-state index contributed by atoms with van der Waals surface area (Å²) in [5, 5.41) is 9.14. The Kier molecular flexibility index (Phi) is 6.19. The standard InChI is InChI=1S/C19H26N4O2S/c1-14-8-7-9-15(2)23(14)18(24)13-26-19-21-20-17(22(19)3)12-25-16-10-5-4-6-11-16/h4-6,10-11,14-15H,7-9,12-13H2,1-3H3/t14-,15-/m0/s1. The van der Waals surface area contributed by atoms with Crippen molar-refractivity contribution in [3.05, 3.63) is 36.2 Å². The second-order valence-electron chi connectivity index (χ2n) is 6.78. The smallest absolute Gasteiger partial charge is 0.233 e. The number of nitrogens with zero attached hydrogens (tertiary/aromatic N) is 4. The highest BCUT2D eigenvalue weighted by Gasteiger charge is 2.29. The van der Waals surface area contributed by atoms with E-state index >= 15 is 0 Å². The summed E-state index contributed by atoms with van der Waals surface area (Å²) in [5.41, 5.74) is 0. The maximum absolute atomic E-state index is 12.6. The Balaban J connectivity index is 1.55. The van der Waals surface area contributed by atoms with Crippen molar-refractivity contribution >= 4 is 17.7 Å². The van der Waals surface area contributed by atoms with Gasteiger partial charge in [0, 0.05) is 19.1 Å². The molecule has 1 aliphatic rings. The van der Waals surface area contributed by atoms with Gasteiger partial charge in [-0.15, -0.1) is 10.2 Å². The Morgan fingerprint density at radius 2 is 1.88 bits per heavy atom. The number of para-hydroxylation sites is 1. The molecule has 7 heteroatoms. The first-order valence-electron chi connectivity index (χ1n) is 9.06. The van der Waals surface area contributed by atoms with Crippen molar-refractivity contribution in [2.24, 2.45) is 7.05 Å². The molecular formula is C19H26N4O2S. The van der Waals surface area contributed by atoms with E-state index in [1.807, 2.05) is 46.8 Å². The SMILES string of the molecule is C[C@H]1CCC[C@H](C)N1C(=O)CSc1nnc(COc2ccccc2)n1C. The van der Waals surface area contributed by atoms with Crippen LogP contribution in [0.15, 0.2) is 35.5 Å². The van der Waals surface area contributed by atoms with Crippen LogP contribution >= 0.6 is 11.8 Å². The quantitative estimate of drug-likeness (QED) is 0.726. The van der Waals surface area contributed by atoms with Crippen LogP contribution in [0.25, 0.3) is 0 Å². The number of ether oxygens (including phenoxy) is 1. The molecule has 0 N–H and O–H groups in total. The van der Waals surface area contributed by atoms with Gasteiger partial charge in [0.15, 0.2) is 11.0 Å². The van der Waals surface area contributed by atoms with E-state index in [1.54, 1.807) is 0 Å². The molecule has 2 aromatic rings. The van der Waals surface area contributed by atoms with Crippen molar-refractivity contribution in [2.75, 3.05) is 5.75 Å². The van der Waals surface area contributed by atoms with Crippen LogP contribution in [-0.4, -0.2) is 43.4 Å². The molecule has 1 saturated heterocycles. The lowest BCUT2D eigenvalue weighted by Gasteiger charge is -2.39. The second-order valence-corrected chi connectivity index (χ2v) is 7.72. The van der Waals surface area contributed by atoms with Gasteiger partial charge in [-0.05, 0) is 45.2 Å². The van der Waals surface area contributed by atoms with Gasteiger partial charge in [0.2, 0.25) is 5.91 Å². The summed E-state index contributed by atoms with van der Waals surface area (Å²) in [5.74, 6) is 2.11. The maximum Gasteiger partial charge on any atom is 0.233 e. The van der Waals surface area contributed by atoms with Gasteiger partial charge in [-0.1, -0.05) is 30.0 Å². The van der Waals surface area contributed by atoms with Gasteiger partial charge in [-0.25, -0.2) is 0 Å². The van der Waals surface area contributed by atoms with E-state index in [4.69, 9.17) is 4.74 Å². The van der Waals surface area contributed by atoms with Crippen LogP contribution in [0.1, 0.15) is 38.9 Å². The number of rotatable bonds is 6. The molecule has 0 radical (unpaired) electrons. The van der Waals surface area contributed by atoms with Gasteiger partial charge < -0.3 is 14.2 Å². The van der Waals surface area contributed by atoms with E-state index in [2.05, 4.69) is 24.0 Å². The number of hydrogen-bond donors (Lipinski definition) is 0. The summed E-state index contributed by atoms with van der Waals surface area (Å²) in [6, 6.07) is 10.3. The number of piperidine rings is 1. The van der Waals surface area contributed by atoms with Crippen molar-refractivity contribution in [1.29, 1.82) is 0 Å². The number of hydrogen-bond acceptors (Lipinski definition) is 5. The van der Waals surface area contributed by atoms with Crippen molar-refractivity contribution in [3.8, 4) is 5.75 Å².